The molecule has 0 saturated carbocycles. The van der Waals surface area contributed by atoms with E-state index < -0.39 is 30.4 Å². The Labute approximate surface area is 141 Å². The molecule has 0 aromatic heterocycles. The van der Waals surface area contributed by atoms with E-state index in [0.29, 0.717) is 18.6 Å². The monoisotopic (exact) mass is 344 g/mol. The van der Waals surface area contributed by atoms with Gasteiger partial charge in [-0.15, -0.1) is 0 Å². The van der Waals surface area contributed by atoms with Crippen molar-refractivity contribution in [3.05, 3.63) is 11.6 Å². The van der Waals surface area contributed by atoms with Gasteiger partial charge >= 0.3 is 5.97 Å². The van der Waals surface area contributed by atoms with E-state index in [1.54, 1.807) is 13.8 Å². The Morgan fingerprint density at radius 2 is 1.92 bits per heavy atom. The number of aliphatic carboxylic acids is 1. The molecule has 4 N–H and O–H groups in total. The van der Waals surface area contributed by atoms with E-state index in [1.165, 1.54) is 0 Å². The van der Waals surface area contributed by atoms with Crippen molar-refractivity contribution >= 4 is 5.97 Å². The highest BCUT2D eigenvalue weighted by Gasteiger charge is 2.48. The quantitative estimate of drug-likeness (QED) is 0.388. The maximum Gasteiger partial charge on any atom is 0.328 e. The molecule has 2 rings (SSSR count). The number of hydrogen-bond acceptors (Lipinski definition) is 6. The Kier molecular flexibility index (Phi) is 6.39. The maximum atomic E-state index is 10.7. The summed E-state index contributed by atoms with van der Waals surface area (Å²) in [6.45, 7) is 5.59. The molecule has 7 nitrogen and oxygen atoms in total. The highest BCUT2D eigenvalue weighted by Crippen LogP contribution is 2.38. The Morgan fingerprint density at radius 3 is 2.50 bits per heavy atom. The Hall–Kier alpha value is -0.990. The Balaban J connectivity index is 1.84. The van der Waals surface area contributed by atoms with Crippen LogP contribution in [0.25, 0.3) is 0 Å². The van der Waals surface area contributed by atoms with Gasteiger partial charge < -0.3 is 29.9 Å². The van der Waals surface area contributed by atoms with Crippen molar-refractivity contribution in [2.45, 2.75) is 70.2 Å². The van der Waals surface area contributed by atoms with Gasteiger partial charge in [0.25, 0.3) is 0 Å². The van der Waals surface area contributed by atoms with Crippen molar-refractivity contribution < 1.29 is 34.7 Å². The first-order valence-corrected chi connectivity index (χ1v) is 8.42. The number of carboxylic acids is 1. The molecule has 0 bridgehead atoms. The largest absolute Gasteiger partial charge is 0.478 e. The minimum absolute atomic E-state index is 0.0205. The molecule has 2 heterocycles. The number of aliphatic hydroxyl groups is 3. The summed E-state index contributed by atoms with van der Waals surface area (Å²) < 4.78 is 11.2. The minimum Gasteiger partial charge on any atom is -0.478 e. The van der Waals surface area contributed by atoms with Crippen LogP contribution in [0, 0.1) is 11.8 Å². The van der Waals surface area contributed by atoms with Crippen LogP contribution in [0.4, 0.5) is 0 Å². The van der Waals surface area contributed by atoms with Crippen molar-refractivity contribution in [3.8, 4) is 0 Å². The second-order valence-corrected chi connectivity index (χ2v) is 7.12. The predicted molar refractivity (Wildman–Crippen MR) is 85.4 cm³/mol. The van der Waals surface area contributed by atoms with E-state index >= 15 is 0 Å². The molecular formula is C17H28O7. The molecule has 2 saturated heterocycles. The summed E-state index contributed by atoms with van der Waals surface area (Å²) >= 11 is 0. The summed E-state index contributed by atoms with van der Waals surface area (Å²) in [6, 6.07) is 0. The van der Waals surface area contributed by atoms with Crippen LogP contribution in [0.15, 0.2) is 11.6 Å². The minimum atomic E-state index is -1.06. The first-order valence-electron chi connectivity index (χ1n) is 8.42. The zero-order valence-electron chi connectivity index (χ0n) is 14.3. The van der Waals surface area contributed by atoms with Gasteiger partial charge in [-0.05, 0) is 26.7 Å². The summed E-state index contributed by atoms with van der Waals surface area (Å²) in [5, 5.41) is 38.9. The van der Waals surface area contributed by atoms with E-state index in [-0.39, 0.29) is 30.5 Å². The average Bonchev–Trinajstić information content (AvgIpc) is 3.24. The van der Waals surface area contributed by atoms with Crippen LogP contribution in [-0.2, 0) is 14.3 Å². The third kappa shape index (κ3) is 4.77. The van der Waals surface area contributed by atoms with Crippen molar-refractivity contribution in [1.82, 2.24) is 0 Å². The van der Waals surface area contributed by atoms with Crippen LogP contribution < -0.4 is 0 Å². The molecule has 0 unspecified atom stereocenters. The fourth-order valence-corrected chi connectivity index (χ4v) is 3.30. The number of hydrogen-bond donors (Lipinski definition) is 4. The predicted octanol–water partition coefficient (Wildman–Crippen LogP) is 0.319. The zero-order valence-corrected chi connectivity index (χ0v) is 14.3. The number of aliphatic hydroxyl groups excluding tert-OH is 3. The summed E-state index contributed by atoms with van der Waals surface area (Å²) in [5.74, 6) is -1.25. The number of epoxide rings is 1. The van der Waals surface area contributed by atoms with E-state index in [0.717, 1.165) is 6.08 Å². The number of ether oxygens (including phenoxy) is 2. The third-order valence-electron chi connectivity index (χ3n) is 5.07. The van der Waals surface area contributed by atoms with Gasteiger partial charge in [0, 0.05) is 17.9 Å². The van der Waals surface area contributed by atoms with Crippen LogP contribution in [0.2, 0.25) is 0 Å². The molecule has 138 valence electrons. The fourth-order valence-electron chi connectivity index (χ4n) is 3.30. The number of carboxylic acid groups (broad SMARTS) is 1. The third-order valence-corrected chi connectivity index (χ3v) is 5.07. The molecule has 0 spiro atoms. The summed E-state index contributed by atoms with van der Waals surface area (Å²) in [5.41, 5.74) is 0.577. The first-order chi connectivity index (χ1) is 11.2. The summed E-state index contributed by atoms with van der Waals surface area (Å²) in [6.07, 6.45) is -1.21. The SMILES string of the molecule is C/C(=C\C(=O)O)C[C@@H]1OC[C@H](C[C@H]2O[C@H]2[C@@H](C)[C@H](C)O)[C@@H](O)[C@H]1O. The fraction of sp³-hybridized carbons (Fsp3) is 0.824. The highest BCUT2D eigenvalue weighted by molar-refractivity contribution is 5.80. The molecule has 2 fully saturated rings. The molecule has 2 aliphatic rings. The second-order valence-electron chi connectivity index (χ2n) is 7.12. The van der Waals surface area contributed by atoms with Crippen molar-refractivity contribution in [1.29, 1.82) is 0 Å². The van der Waals surface area contributed by atoms with Gasteiger partial charge in [-0.3, -0.25) is 0 Å². The van der Waals surface area contributed by atoms with E-state index in [9.17, 15) is 20.1 Å². The standard InChI is InChI=1S/C17H28O7/c1-8(5-14(19)20)4-12-16(22)15(21)11(7-23-12)6-13-17(24-13)9(2)10(3)18/h5,9-13,15-18,21-22H,4,6-7H2,1-3H3,(H,19,20)/b8-5+/t9-,10-,11-,12-,13+,15+,16-,17-/m0/s1. The first kappa shape index (κ1) is 19.3. The molecule has 0 radical (unpaired) electrons. The lowest BCUT2D eigenvalue weighted by Crippen LogP contribution is -2.50. The second kappa shape index (κ2) is 7.93. The molecule has 7 heteroatoms. The summed E-state index contributed by atoms with van der Waals surface area (Å²) in [4.78, 5) is 10.7. The van der Waals surface area contributed by atoms with Gasteiger partial charge in [-0.1, -0.05) is 12.5 Å². The lowest BCUT2D eigenvalue weighted by molar-refractivity contribution is -0.165. The van der Waals surface area contributed by atoms with Gasteiger partial charge in [0.1, 0.15) is 6.10 Å². The van der Waals surface area contributed by atoms with E-state index in [1.807, 2.05) is 6.92 Å². The zero-order chi connectivity index (χ0) is 18.0. The lowest BCUT2D eigenvalue weighted by atomic mass is 9.85. The molecule has 0 amide bonds. The molecule has 8 atom stereocenters. The van der Waals surface area contributed by atoms with E-state index in [4.69, 9.17) is 14.6 Å². The molecule has 24 heavy (non-hydrogen) atoms. The van der Waals surface area contributed by atoms with Crippen molar-refractivity contribution in [2.75, 3.05) is 6.61 Å². The molecular weight excluding hydrogens is 316 g/mol. The lowest BCUT2D eigenvalue weighted by Gasteiger charge is -2.37. The topological polar surface area (TPSA) is 120 Å². The van der Waals surface area contributed by atoms with Crippen LogP contribution in [-0.4, -0.2) is 69.6 Å². The molecule has 0 aliphatic carbocycles. The van der Waals surface area contributed by atoms with Crippen LogP contribution in [0.5, 0.6) is 0 Å². The molecule has 0 aromatic carbocycles. The molecule has 2 aliphatic heterocycles. The normalized spacial score (nSPS) is 39.3. The van der Waals surface area contributed by atoms with Crippen LogP contribution in [0.3, 0.4) is 0 Å². The highest BCUT2D eigenvalue weighted by atomic mass is 16.6. The van der Waals surface area contributed by atoms with Gasteiger partial charge in [-0.2, -0.15) is 0 Å². The molecule has 0 aromatic rings. The maximum absolute atomic E-state index is 10.7. The van der Waals surface area contributed by atoms with Crippen molar-refractivity contribution in [3.63, 3.8) is 0 Å². The van der Waals surface area contributed by atoms with Gasteiger partial charge in [-0.25, -0.2) is 4.79 Å². The Morgan fingerprint density at radius 1 is 1.25 bits per heavy atom. The number of rotatable bonds is 7. The average molecular weight is 344 g/mol. The Bertz CT molecular complexity index is 476. The van der Waals surface area contributed by atoms with Gasteiger partial charge in [0.2, 0.25) is 0 Å². The van der Waals surface area contributed by atoms with Crippen LogP contribution >= 0.6 is 0 Å². The summed E-state index contributed by atoms with van der Waals surface area (Å²) in [7, 11) is 0. The van der Waals surface area contributed by atoms with Gasteiger partial charge in [0.05, 0.1) is 37.1 Å². The van der Waals surface area contributed by atoms with Crippen LogP contribution in [0.1, 0.15) is 33.6 Å². The van der Waals surface area contributed by atoms with Gasteiger partial charge in [0.15, 0.2) is 0 Å². The van der Waals surface area contributed by atoms with Crippen molar-refractivity contribution in [2.24, 2.45) is 11.8 Å². The van der Waals surface area contributed by atoms with E-state index in [2.05, 4.69) is 0 Å². The number of carbonyl (C=O) groups is 1. The smallest absolute Gasteiger partial charge is 0.328 e.